The Bertz CT molecular complexity index is 383. The molecule has 82 valence electrons. The van der Waals surface area contributed by atoms with Crippen LogP contribution >= 0.6 is 15.9 Å². The monoisotopic (exact) mass is 281 g/mol. The Labute approximate surface area is 92.6 Å². The molecule has 0 atom stereocenters. The highest BCUT2D eigenvalue weighted by Gasteiger charge is 2.22. The maximum atomic E-state index is 13.3. The fourth-order valence-corrected chi connectivity index (χ4v) is 1.47. The fraction of sp³-hybridized carbons (Fsp3) is 0.222. The molecule has 0 aromatic heterocycles. The summed E-state index contributed by atoms with van der Waals surface area (Å²) in [6.07, 6.45) is 0. The zero-order valence-corrected chi connectivity index (χ0v) is 9.29. The number of nitrogens with one attached hydrogen (secondary N) is 1. The summed E-state index contributed by atoms with van der Waals surface area (Å²) in [6, 6.07) is 0.640. The van der Waals surface area contributed by atoms with Crippen LogP contribution in [0.5, 0.6) is 0 Å². The summed E-state index contributed by atoms with van der Waals surface area (Å²) in [7, 11) is 1.45. The molecular weight excluding hydrogens is 275 g/mol. The molecule has 0 saturated carbocycles. The summed E-state index contributed by atoms with van der Waals surface area (Å²) in [5, 5.41) is 2.44. The summed E-state index contributed by atoms with van der Waals surface area (Å²) in [6.45, 7) is -0.260. The molecule has 2 nitrogen and oxygen atoms in total. The lowest BCUT2D eigenvalue weighted by Crippen LogP contribution is -2.21. The summed E-state index contributed by atoms with van der Waals surface area (Å²) in [5.74, 6) is -4.65. The lowest BCUT2D eigenvalue weighted by atomic mass is 10.1. The largest absolute Gasteiger partial charge is 0.313 e. The van der Waals surface area contributed by atoms with Gasteiger partial charge in [-0.25, -0.2) is 13.2 Å². The second-order valence-electron chi connectivity index (χ2n) is 2.80. The van der Waals surface area contributed by atoms with Crippen molar-refractivity contribution < 1.29 is 18.0 Å². The van der Waals surface area contributed by atoms with Gasteiger partial charge in [-0.15, -0.1) is 0 Å². The van der Waals surface area contributed by atoms with Crippen molar-refractivity contribution in [2.45, 2.75) is 0 Å². The predicted molar refractivity (Wildman–Crippen MR) is 52.3 cm³/mol. The molecule has 1 N–H and O–H groups in total. The van der Waals surface area contributed by atoms with Crippen LogP contribution in [0.4, 0.5) is 13.2 Å². The third kappa shape index (κ3) is 2.38. The first kappa shape index (κ1) is 12.2. The van der Waals surface area contributed by atoms with Crippen LogP contribution in [0, 0.1) is 17.5 Å². The average molecular weight is 282 g/mol. The van der Waals surface area contributed by atoms with Crippen LogP contribution in [0.1, 0.15) is 10.4 Å². The number of likely N-dealkylation sites (N-methyl/N-ethyl adjacent to an activating group) is 1. The first-order valence-electron chi connectivity index (χ1n) is 3.99. The molecule has 0 aliphatic rings. The zero-order chi connectivity index (χ0) is 11.6. The van der Waals surface area contributed by atoms with Gasteiger partial charge in [-0.2, -0.15) is 0 Å². The van der Waals surface area contributed by atoms with Gasteiger partial charge in [-0.05, 0) is 29.0 Å². The van der Waals surface area contributed by atoms with E-state index in [2.05, 4.69) is 21.2 Å². The first-order valence-corrected chi connectivity index (χ1v) is 4.79. The lowest BCUT2D eigenvalue weighted by molar-refractivity contribution is 0.0984. The van der Waals surface area contributed by atoms with Crippen LogP contribution in [0.2, 0.25) is 0 Å². The summed E-state index contributed by atoms with van der Waals surface area (Å²) < 4.78 is 39.0. The Morgan fingerprint density at radius 2 is 2.00 bits per heavy atom. The van der Waals surface area contributed by atoms with E-state index in [1.165, 1.54) is 7.05 Å². The minimum Gasteiger partial charge on any atom is -0.313 e. The summed E-state index contributed by atoms with van der Waals surface area (Å²) in [5.41, 5.74) is -0.865. The van der Waals surface area contributed by atoms with Gasteiger partial charge in [0.25, 0.3) is 0 Å². The van der Waals surface area contributed by atoms with Crippen molar-refractivity contribution in [2.24, 2.45) is 0 Å². The fourth-order valence-electron chi connectivity index (χ4n) is 1.07. The van der Waals surface area contributed by atoms with Crippen LogP contribution in [-0.4, -0.2) is 19.4 Å². The Morgan fingerprint density at radius 1 is 1.40 bits per heavy atom. The number of rotatable bonds is 3. The second kappa shape index (κ2) is 4.76. The number of carbonyl (C=O) groups is 1. The van der Waals surface area contributed by atoms with E-state index in [4.69, 9.17) is 0 Å². The molecule has 6 heteroatoms. The number of hydrogen-bond donors (Lipinski definition) is 1. The molecule has 0 heterocycles. The van der Waals surface area contributed by atoms with E-state index < -0.39 is 28.8 Å². The van der Waals surface area contributed by atoms with E-state index >= 15 is 0 Å². The number of carbonyl (C=O) groups excluding carboxylic acids is 1. The third-order valence-corrected chi connectivity index (χ3v) is 2.30. The maximum Gasteiger partial charge on any atom is 0.182 e. The summed E-state index contributed by atoms with van der Waals surface area (Å²) >= 11 is 2.70. The molecule has 0 unspecified atom stereocenters. The molecule has 0 saturated heterocycles. The Balaban J connectivity index is 3.32. The van der Waals surface area contributed by atoms with Gasteiger partial charge in [-0.3, -0.25) is 4.79 Å². The average Bonchev–Trinajstić information content (AvgIpc) is 2.16. The molecule has 0 spiro atoms. The summed E-state index contributed by atoms with van der Waals surface area (Å²) in [4.78, 5) is 11.3. The number of ketones is 1. The number of Topliss-reactive ketones (excluding diaryl/α,β-unsaturated/α-hetero) is 1. The van der Waals surface area contributed by atoms with Crippen molar-refractivity contribution in [1.29, 1.82) is 0 Å². The molecule has 0 bridgehead atoms. The highest BCUT2D eigenvalue weighted by Crippen LogP contribution is 2.24. The van der Waals surface area contributed by atoms with Gasteiger partial charge in [0.2, 0.25) is 0 Å². The highest BCUT2D eigenvalue weighted by molar-refractivity contribution is 9.10. The molecule has 1 aromatic carbocycles. The number of benzene rings is 1. The van der Waals surface area contributed by atoms with Gasteiger partial charge in [0, 0.05) is 0 Å². The van der Waals surface area contributed by atoms with E-state index in [9.17, 15) is 18.0 Å². The maximum absolute atomic E-state index is 13.3. The SMILES string of the molecule is CNCC(=O)c1c(F)c(F)cc(Br)c1F. The zero-order valence-electron chi connectivity index (χ0n) is 7.70. The molecule has 0 radical (unpaired) electrons. The standard InChI is InChI=1S/C9H7BrF3NO/c1-14-3-6(15)7-8(12)4(10)2-5(11)9(7)13/h2,14H,3H2,1H3. The smallest absolute Gasteiger partial charge is 0.182 e. The topological polar surface area (TPSA) is 29.1 Å². The normalized spacial score (nSPS) is 10.5. The van der Waals surface area contributed by atoms with Crippen LogP contribution < -0.4 is 5.32 Å². The number of hydrogen-bond acceptors (Lipinski definition) is 2. The highest BCUT2D eigenvalue weighted by atomic mass is 79.9. The van der Waals surface area contributed by atoms with Crippen LogP contribution in [-0.2, 0) is 0 Å². The molecule has 0 fully saturated rings. The first-order chi connectivity index (χ1) is 6.99. The van der Waals surface area contributed by atoms with Crippen LogP contribution in [0.3, 0.4) is 0 Å². The van der Waals surface area contributed by atoms with E-state index in [1.807, 2.05) is 0 Å². The van der Waals surface area contributed by atoms with Crippen molar-refractivity contribution >= 4 is 21.7 Å². The molecular formula is C9H7BrF3NO. The van der Waals surface area contributed by atoms with E-state index in [-0.39, 0.29) is 11.0 Å². The van der Waals surface area contributed by atoms with E-state index in [0.29, 0.717) is 6.07 Å². The van der Waals surface area contributed by atoms with Gasteiger partial charge < -0.3 is 5.32 Å². The van der Waals surface area contributed by atoms with Crippen molar-refractivity contribution in [2.75, 3.05) is 13.6 Å². The van der Waals surface area contributed by atoms with Gasteiger partial charge in [0.05, 0.1) is 16.6 Å². The van der Waals surface area contributed by atoms with E-state index in [1.54, 1.807) is 0 Å². The second-order valence-corrected chi connectivity index (χ2v) is 3.65. The number of halogens is 4. The van der Waals surface area contributed by atoms with Crippen molar-refractivity contribution in [3.05, 3.63) is 33.6 Å². The molecule has 1 aromatic rings. The van der Waals surface area contributed by atoms with Gasteiger partial charge >= 0.3 is 0 Å². The van der Waals surface area contributed by atoms with Crippen LogP contribution in [0.25, 0.3) is 0 Å². The quantitative estimate of drug-likeness (QED) is 0.680. The molecule has 0 aliphatic heterocycles. The van der Waals surface area contributed by atoms with Gasteiger partial charge in [-0.1, -0.05) is 0 Å². The van der Waals surface area contributed by atoms with Crippen molar-refractivity contribution in [1.82, 2.24) is 5.32 Å². The molecule has 15 heavy (non-hydrogen) atoms. The van der Waals surface area contributed by atoms with Crippen LogP contribution in [0.15, 0.2) is 10.5 Å². The molecule has 0 aliphatic carbocycles. The van der Waals surface area contributed by atoms with Crippen molar-refractivity contribution in [3.8, 4) is 0 Å². The molecule has 1 rings (SSSR count). The minimum absolute atomic E-state index is 0.260. The van der Waals surface area contributed by atoms with Gasteiger partial charge in [0.15, 0.2) is 23.2 Å². The Morgan fingerprint density at radius 3 is 2.53 bits per heavy atom. The minimum atomic E-state index is -1.46. The van der Waals surface area contributed by atoms with Crippen molar-refractivity contribution in [3.63, 3.8) is 0 Å². The van der Waals surface area contributed by atoms with Gasteiger partial charge in [0.1, 0.15) is 0 Å². The lowest BCUT2D eigenvalue weighted by Gasteiger charge is -2.06. The Hall–Kier alpha value is -0.880. The Kier molecular flexibility index (Phi) is 3.87. The predicted octanol–water partition coefficient (Wildman–Crippen LogP) is 2.27. The van der Waals surface area contributed by atoms with E-state index in [0.717, 1.165) is 0 Å². The third-order valence-electron chi connectivity index (χ3n) is 1.73. The molecule has 0 amide bonds.